The summed E-state index contributed by atoms with van der Waals surface area (Å²) in [7, 11) is -3.65. The van der Waals surface area contributed by atoms with E-state index in [-0.39, 0.29) is 4.90 Å². The average Bonchev–Trinajstić information content (AvgIpc) is 2.91. The lowest BCUT2D eigenvalue weighted by atomic mass is 10.1. The molecule has 9 heteroatoms. The number of aromatic nitrogens is 3. The summed E-state index contributed by atoms with van der Waals surface area (Å²) in [4.78, 5) is 6.87. The first-order valence-electron chi connectivity index (χ1n) is 8.83. The number of sulfonamides is 1. The SMILES string of the molecule is NS(=O)(=O)c1ccc(CCNc2cnnc(N3CCCCCC3)n2)cc1. The van der Waals surface area contributed by atoms with Gasteiger partial charge in [0.25, 0.3) is 0 Å². The van der Waals surface area contributed by atoms with Crippen LogP contribution in [0.5, 0.6) is 0 Å². The fourth-order valence-electron chi connectivity index (χ4n) is 2.96. The highest BCUT2D eigenvalue weighted by Gasteiger charge is 2.13. The molecule has 8 nitrogen and oxygen atoms in total. The Balaban J connectivity index is 1.55. The molecule has 1 fully saturated rings. The molecule has 26 heavy (non-hydrogen) atoms. The molecule has 0 aliphatic carbocycles. The summed E-state index contributed by atoms with van der Waals surface area (Å²) >= 11 is 0. The molecular weight excluding hydrogens is 352 g/mol. The van der Waals surface area contributed by atoms with Gasteiger partial charge >= 0.3 is 0 Å². The van der Waals surface area contributed by atoms with E-state index >= 15 is 0 Å². The summed E-state index contributed by atoms with van der Waals surface area (Å²) in [5.41, 5.74) is 1.01. The second kappa shape index (κ2) is 8.41. The van der Waals surface area contributed by atoms with Gasteiger partial charge < -0.3 is 10.2 Å². The zero-order valence-electron chi connectivity index (χ0n) is 14.6. The van der Waals surface area contributed by atoms with E-state index in [2.05, 4.69) is 25.4 Å². The van der Waals surface area contributed by atoms with Crippen molar-refractivity contribution >= 4 is 21.8 Å². The van der Waals surface area contributed by atoms with Crippen molar-refractivity contribution in [2.75, 3.05) is 29.9 Å². The summed E-state index contributed by atoms with van der Waals surface area (Å²) in [6.45, 7) is 2.61. The maximum atomic E-state index is 11.3. The molecule has 1 aromatic heterocycles. The highest BCUT2D eigenvalue weighted by molar-refractivity contribution is 7.89. The molecule has 0 bridgehead atoms. The van der Waals surface area contributed by atoms with E-state index in [9.17, 15) is 8.42 Å². The van der Waals surface area contributed by atoms with Crippen molar-refractivity contribution in [1.82, 2.24) is 15.2 Å². The minimum absolute atomic E-state index is 0.122. The predicted octanol–water partition coefficient (Wildman–Crippen LogP) is 1.55. The molecule has 140 valence electrons. The monoisotopic (exact) mass is 376 g/mol. The van der Waals surface area contributed by atoms with Gasteiger partial charge in [-0.2, -0.15) is 10.1 Å². The van der Waals surface area contributed by atoms with Crippen LogP contribution in [0.2, 0.25) is 0 Å². The van der Waals surface area contributed by atoms with Crippen LogP contribution in [0.15, 0.2) is 35.4 Å². The lowest BCUT2D eigenvalue weighted by Crippen LogP contribution is -2.26. The Kier molecular flexibility index (Phi) is 6.00. The summed E-state index contributed by atoms with van der Waals surface area (Å²) in [5, 5.41) is 16.6. The van der Waals surface area contributed by atoms with E-state index in [1.54, 1.807) is 18.3 Å². The number of hydrogen-bond acceptors (Lipinski definition) is 7. The molecule has 0 amide bonds. The van der Waals surface area contributed by atoms with Gasteiger partial charge in [0.05, 0.1) is 11.1 Å². The third-order valence-corrected chi connectivity index (χ3v) is 5.34. The van der Waals surface area contributed by atoms with Crippen molar-refractivity contribution in [3.8, 4) is 0 Å². The van der Waals surface area contributed by atoms with Crippen molar-refractivity contribution in [2.45, 2.75) is 37.0 Å². The zero-order valence-corrected chi connectivity index (χ0v) is 15.5. The van der Waals surface area contributed by atoms with Crippen LogP contribution in [0.1, 0.15) is 31.2 Å². The fraction of sp³-hybridized carbons (Fsp3) is 0.471. The molecule has 0 atom stereocenters. The number of primary sulfonamides is 1. The Labute approximate surface area is 153 Å². The topological polar surface area (TPSA) is 114 Å². The van der Waals surface area contributed by atoms with Crippen molar-refractivity contribution < 1.29 is 8.42 Å². The summed E-state index contributed by atoms with van der Waals surface area (Å²) in [6.07, 6.45) is 7.18. The van der Waals surface area contributed by atoms with Gasteiger partial charge in [0.15, 0.2) is 5.82 Å². The van der Waals surface area contributed by atoms with Crippen LogP contribution in [-0.4, -0.2) is 43.2 Å². The highest BCUT2D eigenvalue weighted by atomic mass is 32.2. The normalized spacial score (nSPS) is 15.5. The third-order valence-electron chi connectivity index (χ3n) is 4.41. The Bertz CT molecular complexity index is 817. The molecule has 0 unspecified atom stereocenters. The molecule has 3 N–H and O–H groups in total. The molecule has 1 aliphatic heterocycles. The lowest BCUT2D eigenvalue weighted by molar-refractivity contribution is 0.598. The number of hydrogen-bond donors (Lipinski definition) is 2. The van der Waals surface area contributed by atoms with Gasteiger partial charge in [0.2, 0.25) is 16.0 Å². The van der Waals surface area contributed by atoms with Crippen LogP contribution < -0.4 is 15.4 Å². The van der Waals surface area contributed by atoms with Gasteiger partial charge in [-0.15, -0.1) is 5.10 Å². The van der Waals surface area contributed by atoms with Crippen molar-refractivity contribution in [2.24, 2.45) is 5.14 Å². The number of nitrogens with two attached hydrogens (primary N) is 1. The molecule has 1 aromatic carbocycles. The zero-order chi connectivity index (χ0) is 18.4. The van der Waals surface area contributed by atoms with Crippen LogP contribution in [0, 0.1) is 0 Å². The quantitative estimate of drug-likeness (QED) is 0.786. The Morgan fingerprint density at radius 1 is 1.08 bits per heavy atom. The number of nitrogens with zero attached hydrogens (tertiary/aromatic N) is 4. The van der Waals surface area contributed by atoms with Crippen LogP contribution >= 0.6 is 0 Å². The summed E-state index contributed by atoms with van der Waals surface area (Å²) in [5.74, 6) is 1.37. The second-order valence-electron chi connectivity index (χ2n) is 6.41. The first kappa shape index (κ1) is 18.5. The van der Waals surface area contributed by atoms with Crippen LogP contribution in [-0.2, 0) is 16.4 Å². The molecule has 3 rings (SSSR count). The van der Waals surface area contributed by atoms with Gasteiger partial charge in [-0.1, -0.05) is 25.0 Å². The predicted molar refractivity (Wildman–Crippen MR) is 101 cm³/mol. The van der Waals surface area contributed by atoms with E-state index in [1.165, 1.54) is 25.0 Å². The molecule has 2 heterocycles. The second-order valence-corrected chi connectivity index (χ2v) is 7.97. The molecule has 1 saturated heterocycles. The minimum atomic E-state index is -3.65. The van der Waals surface area contributed by atoms with Crippen LogP contribution in [0.4, 0.5) is 11.8 Å². The van der Waals surface area contributed by atoms with Crippen LogP contribution in [0.3, 0.4) is 0 Å². The number of benzene rings is 1. The number of rotatable bonds is 6. The number of anilines is 2. The average molecular weight is 376 g/mol. The van der Waals surface area contributed by atoms with Crippen molar-refractivity contribution in [3.05, 3.63) is 36.0 Å². The molecule has 0 spiro atoms. The highest BCUT2D eigenvalue weighted by Crippen LogP contribution is 2.16. The minimum Gasteiger partial charge on any atom is -0.368 e. The third kappa shape index (κ3) is 5.12. The first-order valence-corrected chi connectivity index (χ1v) is 10.4. The Hall–Kier alpha value is -2.26. The maximum absolute atomic E-state index is 11.3. The van der Waals surface area contributed by atoms with Gasteiger partial charge in [-0.3, -0.25) is 0 Å². The Morgan fingerprint density at radius 2 is 1.77 bits per heavy atom. The Morgan fingerprint density at radius 3 is 2.42 bits per heavy atom. The molecule has 0 saturated carbocycles. The molecule has 0 radical (unpaired) electrons. The number of nitrogens with one attached hydrogen (secondary N) is 1. The summed E-state index contributed by atoms with van der Waals surface area (Å²) in [6, 6.07) is 6.58. The van der Waals surface area contributed by atoms with Gasteiger partial charge in [-0.05, 0) is 37.0 Å². The van der Waals surface area contributed by atoms with E-state index in [0.717, 1.165) is 37.9 Å². The standard InChI is InChI=1S/C17H24N6O2S/c18-26(24,25)15-7-5-14(6-8-15)9-10-19-16-13-20-22-17(21-16)23-11-3-1-2-4-12-23/h5-8,13H,1-4,9-12H2,(H2,18,24,25)(H,19,21,22). The van der Waals surface area contributed by atoms with Gasteiger partial charge in [-0.25, -0.2) is 13.6 Å². The van der Waals surface area contributed by atoms with E-state index < -0.39 is 10.0 Å². The first-order chi connectivity index (χ1) is 12.5. The smallest absolute Gasteiger partial charge is 0.247 e. The fourth-order valence-corrected chi connectivity index (χ4v) is 3.48. The van der Waals surface area contributed by atoms with E-state index in [0.29, 0.717) is 18.3 Å². The van der Waals surface area contributed by atoms with E-state index in [1.807, 2.05) is 0 Å². The van der Waals surface area contributed by atoms with Gasteiger partial charge in [0, 0.05) is 19.6 Å². The largest absolute Gasteiger partial charge is 0.368 e. The summed E-state index contributed by atoms with van der Waals surface area (Å²) < 4.78 is 22.5. The van der Waals surface area contributed by atoms with Crippen LogP contribution in [0.25, 0.3) is 0 Å². The lowest BCUT2D eigenvalue weighted by Gasteiger charge is -2.19. The molecular formula is C17H24N6O2S. The molecule has 2 aromatic rings. The van der Waals surface area contributed by atoms with Crippen molar-refractivity contribution in [3.63, 3.8) is 0 Å². The maximum Gasteiger partial charge on any atom is 0.247 e. The molecule has 1 aliphatic rings. The van der Waals surface area contributed by atoms with Crippen molar-refractivity contribution in [1.29, 1.82) is 0 Å². The van der Waals surface area contributed by atoms with E-state index in [4.69, 9.17) is 5.14 Å². The van der Waals surface area contributed by atoms with Gasteiger partial charge in [0.1, 0.15) is 0 Å².